The molecule has 1 fully saturated rings. The second kappa shape index (κ2) is 7.82. The molecule has 3 aromatic heterocycles. The topological polar surface area (TPSA) is 74.5 Å². The van der Waals surface area contributed by atoms with Gasteiger partial charge in [-0.3, -0.25) is 0 Å². The van der Waals surface area contributed by atoms with Gasteiger partial charge in [-0.25, -0.2) is 14.5 Å². The van der Waals surface area contributed by atoms with Gasteiger partial charge in [0.1, 0.15) is 17.5 Å². The Morgan fingerprint density at radius 1 is 1.03 bits per heavy atom. The molecule has 0 saturated carbocycles. The molecule has 154 valence electrons. The van der Waals surface area contributed by atoms with Gasteiger partial charge in [0.05, 0.1) is 5.69 Å². The van der Waals surface area contributed by atoms with Crippen molar-refractivity contribution in [2.75, 3.05) is 43.4 Å². The molecule has 1 aliphatic heterocycles. The molecule has 0 amide bonds. The number of hydrogen-bond donors (Lipinski definition) is 1. The Balaban J connectivity index is 1.41. The molecule has 5 rings (SSSR count). The molecular weight excluding hydrogens is 420 g/mol. The third kappa shape index (κ3) is 3.83. The Labute approximate surface area is 183 Å². The van der Waals surface area contributed by atoms with Crippen LogP contribution in [0.5, 0.6) is 0 Å². The first-order valence-electron chi connectivity index (χ1n) is 9.71. The fourth-order valence-electron chi connectivity index (χ4n) is 3.48. The molecule has 0 unspecified atom stereocenters. The van der Waals surface area contributed by atoms with E-state index in [0.29, 0.717) is 16.8 Å². The Kier molecular flexibility index (Phi) is 5.01. The second-order valence-electron chi connectivity index (χ2n) is 7.33. The van der Waals surface area contributed by atoms with Crippen molar-refractivity contribution in [2.24, 2.45) is 0 Å². The van der Waals surface area contributed by atoms with Crippen molar-refractivity contribution in [3.8, 4) is 11.3 Å². The van der Waals surface area contributed by atoms with E-state index in [4.69, 9.17) is 11.6 Å². The largest absolute Gasteiger partial charge is 0.354 e. The summed E-state index contributed by atoms with van der Waals surface area (Å²) in [5.41, 5.74) is 2.02. The van der Waals surface area contributed by atoms with E-state index in [0.717, 1.165) is 54.0 Å². The van der Waals surface area contributed by atoms with Crippen molar-refractivity contribution in [1.29, 1.82) is 0 Å². The highest BCUT2D eigenvalue weighted by molar-refractivity contribution is 7.15. The first kappa shape index (κ1) is 19.2. The average molecular weight is 441 g/mol. The summed E-state index contributed by atoms with van der Waals surface area (Å²) in [6.07, 6.45) is 0. The molecule has 1 N–H and O–H groups in total. The average Bonchev–Trinajstić information content (AvgIpc) is 3.29. The Morgan fingerprint density at radius 3 is 2.57 bits per heavy atom. The van der Waals surface area contributed by atoms with E-state index in [-0.39, 0.29) is 0 Å². The summed E-state index contributed by atoms with van der Waals surface area (Å²) in [4.78, 5) is 19.2. The highest BCUT2D eigenvalue weighted by atomic mass is 35.5. The zero-order valence-electron chi connectivity index (χ0n) is 16.7. The number of benzene rings is 1. The normalized spacial score (nSPS) is 15.1. The quantitative estimate of drug-likeness (QED) is 0.518. The number of nitrogens with one attached hydrogen (secondary N) is 1. The van der Waals surface area contributed by atoms with Crippen LogP contribution < -0.4 is 10.2 Å². The lowest BCUT2D eigenvalue weighted by atomic mass is 10.2. The number of piperazine rings is 1. The number of aryl methyl sites for hydroxylation is 1. The van der Waals surface area contributed by atoms with Crippen LogP contribution in [0.2, 0.25) is 5.02 Å². The molecular formula is C20H21ClN8S. The fourth-order valence-corrected chi connectivity index (χ4v) is 4.44. The van der Waals surface area contributed by atoms with Gasteiger partial charge in [0.2, 0.25) is 10.9 Å². The van der Waals surface area contributed by atoms with Gasteiger partial charge < -0.3 is 15.1 Å². The van der Waals surface area contributed by atoms with Crippen molar-refractivity contribution in [3.05, 3.63) is 46.6 Å². The first-order valence-corrected chi connectivity index (χ1v) is 11.0. The van der Waals surface area contributed by atoms with Gasteiger partial charge in [-0.15, -0.1) is 16.4 Å². The third-order valence-electron chi connectivity index (χ3n) is 5.11. The maximum atomic E-state index is 6.01. The van der Waals surface area contributed by atoms with Crippen LogP contribution in [0.15, 0.2) is 35.7 Å². The monoisotopic (exact) mass is 440 g/mol. The van der Waals surface area contributed by atoms with E-state index in [1.165, 1.54) is 0 Å². The summed E-state index contributed by atoms with van der Waals surface area (Å²) < 4.78 is 1.84. The zero-order valence-corrected chi connectivity index (χ0v) is 18.3. The molecule has 0 atom stereocenters. The second-order valence-corrected chi connectivity index (χ2v) is 8.60. The van der Waals surface area contributed by atoms with E-state index in [9.17, 15) is 0 Å². The first-order chi connectivity index (χ1) is 14.5. The zero-order chi connectivity index (χ0) is 20.7. The van der Waals surface area contributed by atoms with Crippen LogP contribution >= 0.6 is 22.9 Å². The van der Waals surface area contributed by atoms with Crippen LogP contribution in [-0.2, 0) is 0 Å². The lowest BCUT2D eigenvalue weighted by Crippen LogP contribution is -2.44. The van der Waals surface area contributed by atoms with Crippen molar-refractivity contribution >= 4 is 45.5 Å². The smallest absolute Gasteiger partial charge is 0.249 e. The molecule has 1 aromatic carbocycles. The molecule has 0 spiro atoms. The van der Waals surface area contributed by atoms with E-state index in [1.807, 2.05) is 47.2 Å². The van der Waals surface area contributed by atoms with Gasteiger partial charge in [0, 0.05) is 48.2 Å². The predicted molar refractivity (Wildman–Crippen MR) is 121 cm³/mol. The van der Waals surface area contributed by atoms with E-state index >= 15 is 0 Å². The molecule has 0 radical (unpaired) electrons. The van der Waals surface area contributed by atoms with Gasteiger partial charge in [-0.1, -0.05) is 23.7 Å². The van der Waals surface area contributed by atoms with Crippen molar-refractivity contribution < 1.29 is 0 Å². The summed E-state index contributed by atoms with van der Waals surface area (Å²) in [6.45, 7) is 5.86. The van der Waals surface area contributed by atoms with Crippen LogP contribution in [0.3, 0.4) is 0 Å². The number of anilines is 3. The maximum Gasteiger partial charge on any atom is 0.249 e. The lowest BCUT2D eigenvalue weighted by Gasteiger charge is -2.33. The number of nitrogens with zero attached hydrogens (tertiary/aromatic N) is 7. The van der Waals surface area contributed by atoms with Gasteiger partial charge >= 0.3 is 0 Å². The van der Waals surface area contributed by atoms with Gasteiger partial charge in [0.25, 0.3) is 0 Å². The Morgan fingerprint density at radius 2 is 1.80 bits per heavy atom. The van der Waals surface area contributed by atoms with Crippen LogP contribution in [-0.4, -0.2) is 62.7 Å². The number of hydrogen-bond acceptors (Lipinski definition) is 8. The molecule has 10 heteroatoms. The molecule has 4 aromatic rings. The van der Waals surface area contributed by atoms with Crippen LogP contribution in [0, 0.1) is 6.92 Å². The van der Waals surface area contributed by atoms with Crippen molar-refractivity contribution in [2.45, 2.75) is 6.92 Å². The van der Waals surface area contributed by atoms with E-state index in [2.05, 4.69) is 42.2 Å². The molecule has 8 nitrogen and oxygen atoms in total. The molecule has 30 heavy (non-hydrogen) atoms. The lowest BCUT2D eigenvalue weighted by molar-refractivity contribution is 0.312. The number of halogens is 1. The number of thiazole rings is 1. The van der Waals surface area contributed by atoms with Gasteiger partial charge in [-0.05, 0) is 26.1 Å². The van der Waals surface area contributed by atoms with Crippen molar-refractivity contribution in [3.63, 3.8) is 0 Å². The highest BCUT2D eigenvalue weighted by Gasteiger charge is 2.17. The Bertz CT molecular complexity index is 1180. The molecule has 1 aliphatic rings. The van der Waals surface area contributed by atoms with Crippen LogP contribution in [0.4, 0.5) is 17.6 Å². The summed E-state index contributed by atoms with van der Waals surface area (Å²) >= 11 is 7.56. The summed E-state index contributed by atoms with van der Waals surface area (Å²) in [5, 5.41) is 10.6. The molecule has 1 saturated heterocycles. The van der Waals surface area contributed by atoms with E-state index < -0.39 is 0 Å². The molecule has 0 bridgehead atoms. The number of likely N-dealkylation sites (N-methyl/N-ethyl adjacent to an activating group) is 1. The van der Waals surface area contributed by atoms with E-state index in [1.54, 1.807) is 11.3 Å². The SMILES string of the molecule is Cc1nc(Nc2nc3scc(-c4ccc(Cl)cc4)n3n2)cc(N2CCN(C)CC2)n1. The standard InChI is InChI=1S/C20H21ClN8S/c1-13-22-17(11-18(23-13)28-9-7-27(2)8-10-28)24-19-25-20-29(26-19)16(12-30-20)14-3-5-15(21)6-4-14/h3-6,11-12H,7-10H2,1-2H3,(H,22,23,24,26). The molecule has 0 aliphatic carbocycles. The highest BCUT2D eigenvalue weighted by Crippen LogP contribution is 2.28. The maximum absolute atomic E-state index is 6.01. The number of aromatic nitrogens is 5. The third-order valence-corrected chi connectivity index (χ3v) is 6.18. The van der Waals surface area contributed by atoms with Crippen molar-refractivity contribution in [1.82, 2.24) is 29.5 Å². The summed E-state index contributed by atoms with van der Waals surface area (Å²) in [6, 6.07) is 9.68. The minimum Gasteiger partial charge on any atom is -0.354 e. The minimum absolute atomic E-state index is 0.513. The van der Waals surface area contributed by atoms with Gasteiger partial charge in [0.15, 0.2) is 0 Å². The minimum atomic E-state index is 0.513. The predicted octanol–water partition coefficient (Wildman–Crippen LogP) is 3.71. The Hall–Kier alpha value is -2.75. The van der Waals surface area contributed by atoms with Gasteiger partial charge in [-0.2, -0.15) is 4.98 Å². The van der Waals surface area contributed by atoms with Crippen LogP contribution in [0.1, 0.15) is 5.82 Å². The fraction of sp³-hybridized carbons (Fsp3) is 0.300. The molecule has 4 heterocycles. The summed E-state index contributed by atoms with van der Waals surface area (Å²) in [5.74, 6) is 2.86. The summed E-state index contributed by atoms with van der Waals surface area (Å²) in [7, 11) is 2.14. The number of rotatable bonds is 4. The number of fused-ring (bicyclic) bond motifs is 1. The van der Waals surface area contributed by atoms with Crippen LogP contribution in [0.25, 0.3) is 16.2 Å².